The van der Waals surface area contributed by atoms with Gasteiger partial charge >= 0.3 is 5.97 Å². The van der Waals surface area contributed by atoms with E-state index in [0.29, 0.717) is 18.4 Å². The van der Waals surface area contributed by atoms with E-state index in [1.165, 1.54) is 6.92 Å². The van der Waals surface area contributed by atoms with Crippen LogP contribution in [0.2, 0.25) is 0 Å². The molecule has 3 N–H and O–H groups in total. The minimum absolute atomic E-state index is 0.0345. The van der Waals surface area contributed by atoms with Gasteiger partial charge in [0, 0.05) is 5.57 Å². The number of ketones is 1. The summed E-state index contributed by atoms with van der Waals surface area (Å²) in [6.07, 6.45) is 6.53. The third-order valence-corrected chi connectivity index (χ3v) is 2.47. The quantitative estimate of drug-likeness (QED) is 0.720. The van der Waals surface area contributed by atoms with Crippen LogP contribution in [0.5, 0.6) is 0 Å². The van der Waals surface area contributed by atoms with Gasteiger partial charge in [0.25, 0.3) is 0 Å². The number of aliphatic carboxylic acids is 1. The highest BCUT2D eigenvalue weighted by Gasteiger charge is 2.18. The van der Waals surface area contributed by atoms with E-state index in [1.54, 1.807) is 6.08 Å². The first kappa shape index (κ1) is 11.7. The Morgan fingerprint density at radius 3 is 2.73 bits per heavy atom. The minimum atomic E-state index is -0.982. The van der Waals surface area contributed by atoms with E-state index < -0.39 is 12.0 Å². The molecule has 15 heavy (non-hydrogen) atoms. The molecule has 0 bridgehead atoms. The number of hydrogen-bond donors (Lipinski definition) is 2. The van der Waals surface area contributed by atoms with E-state index in [-0.39, 0.29) is 11.7 Å². The van der Waals surface area contributed by atoms with Gasteiger partial charge in [0.05, 0.1) is 0 Å². The van der Waals surface area contributed by atoms with Gasteiger partial charge in [-0.3, -0.25) is 9.59 Å². The Labute approximate surface area is 88.5 Å². The van der Waals surface area contributed by atoms with Crippen molar-refractivity contribution in [1.82, 2.24) is 0 Å². The summed E-state index contributed by atoms with van der Waals surface area (Å²) in [6.45, 7) is 1.51. The van der Waals surface area contributed by atoms with Crippen molar-refractivity contribution in [2.24, 2.45) is 11.7 Å². The summed E-state index contributed by atoms with van der Waals surface area (Å²) < 4.78 is 0. The molecule has 2 unspecified atom stereocenters. The lowest BCUT2D eigenvalue weighted by Crippen LogP contribution is -2.32. The molecule has 0 aliphatic heterocycles. The number of carboxylic acid groups (broad SMARTS) is 1. The zero-order valence-electron chi connectivity index (χ0n) is 8.64. The lowest BCUT2D eigenvalue weighted by molar-refractivity contribution is -0.138. The van der Waals surface area contributed by atoms with Crippen LogP contribution in [0, 0.1) is 5.92 Å². The molecule has 0 radical (unpaired) electrons. The molecular weight excluding hydrogens is 194 g/mol. The highest BCUT2D eigenvalue weighted by atomic mass is 16.4. The van der Waals surface area contributed by atoms with E-state index in [9.17, 15) is 9.59 Å². The molecular formula is C11H15NO3. The number of hydrogen-bond acceptors (Lipinski definition) is 3. The summed E-state index contributed by atoms with van der Waals surface area (Å²) in [6, 6.07) is -0.827. The first-order valence-corrected chi connectivity index (χ1v) is 4.88. The number of carbonyl (C=O) groups excluding carboxylic acids is 1. The third-order valence-electron chi connectivity index (χ3n) is 2.47. The molecule has 0 spiro atoms. The van der Waals surface area contributed by atoms with Crippen molar-refractivity contribution in [3.05, 3.63) is 23.8 Å². The Balaban J connectivity index is 2.49. The molecule has 0 heterocycles. The fourth-order valence-electron chi connectivity index (χ4n) is 1.53. The molecule has 0 amide bonds. The molecule has 0 aromatic carbocycles. The number of nitrogens with two attached hydrogens (primary N) is 1. The highest BCUT2D eigenvalue weighted by Crippen LogP contribution is 2.20. The van der Waals surface area contributed by atoms with Crippen LogP contribution < -0.4 is 5.73 Å². The number of Topliss-reactive ketones (excluding diaryl/α,β-unsaturated/α-hetero) is 1. The fraction of sp³-hybridized carbons (Fsp3) is 0.455. The van der Waals surface area contributed by atoms with Crippen molar-refractivity contribution < 1.29 is 14.7 Å². The molecule has 0 aromatic heterocycles. The van der Waals surface area contributed by atoms with Crippen molar-refractivity contribution in [3.63, 3.8) is 0 Å². The molecule has 82 valence electrons. The SMILES string of the molecule is CC(=O)C1=CCC(CC(N)C(=O)O)C=C1. The molecule has 0 saturated carbocycles. The van der Waals surface area contributed by atoms with Crippen LogP contribution >= 0.6 is 0 Å². The normalized spacial score (nSPS) is 22.0. The topological polar surface area (TPSA) is 80.4 Å². The first-order valence-electron chi connectivity index (χ1n) is 4.88. The molecule has 0 saturated heterocycles. The van der Waals surface area contributed by atoms with Crippen molar-refractivity contribution >= 4 is 11.8 Å². The molecule has 1 aliphatic rings. The average Bonchev–Trinajstić information content (AvgIpc) is 2.18. The number of rotatable bonds is 4. The maximum Gasteiger partial charge on any atom is 0.320 e. The summed E-state index contributed by atoms with van der Waals surface area (Å²) in [5, 5.41) is 8.63. The fourth-order valence-corrected chi connectivity index (χ4v) is 1.53. The lowest BCUT2D eigenvalue weighted by atomic mass is 9.90. The van der Waals surface area contributed by atoms with Crippen LogP contribution in [0.25, 0.3) is 0 Å². The monoisotopic (exact) mass is 209 g/mol. The second-order valence-corrected chi connectivity index (χ2v) is 3.75. The Morgan fingerprint density at radius 1 is 1.67 bits per heavy atom. The van der Waals surface area contributed by atoms with Gasteiger partial charge in [0.2, 0.25) is 0 Å². The predicted molar refractivity (Wildman–Crippen MR) is 56.2 cm³/mol. The summed E-state index contributed by atoms with van der Waals surface area (Å²) >= 11 is 0. The van der Waals surface area contributed by atoms with Crippen molar-refractivity contribution in [2.75, 3.05) is 0 Å². The molecule has 1 aliphatic carbocycles. The standard InChI is InChI=1S/C11H15NO3/c1-7(13)9-4-2-8(3-5-9)6-10(12)11(14)15/h2,4-5,8,10H,3,6,12H2,1H3,(H,14,15). The Kier molecular flexibility index (Phi) is 3.80. The van der Waals surface area contributed by atoms with E-state index in [2.05, 4.69) is 0 Å². The average molecular weight is 209 g/mol. The lowest BCUT2D eigenvalue weighted by Gasteiger charge is -2.17. The van der Waals surface area contributed by atoms with Crippen LogP contribution in [-0.2, 0) is 9.59 Å². The van der Waals surface area contributed by atoms with Crippen molar-refractivity contribution in [3.8, 4) is 0 Å². The Morgan fingerprint density at radius 2 is 2.33 bits per heavy atom. The number of carboxylic acids is 1. The maximum absolute atomic E-state index is 11.0. The number of allylic oxidation sites excluding steroid dienone is 4. The predicted octanol–water partition coefficient (Wildman–Crippen LogP) is 0.880. The van der Waals surface area contributed by atoms with Gasteiger partial charge in [0.15, 0.2) is 5.78 Å². The van der Waals surface area contributed by atoms with Crippen LogP contribution in [0.4, 0.5) is 0 Å². The van der Waals surface area contributed by atoms with Crippen LogP contribution in [0.1, 0.15) is 19.8 Å². The van der Waals surface area contributed by atoms with Crippen LogP contribution in [-0.4, -0.2) is 22.9 Å². The molecule has 2 atom stereocenters. The van der Waals surface area contributed by atoms with Crippen LogP contribution in [0.15, 0.2) is 23.8 Å². The summed E-state index contributed by atoms with van der Waals surface area (Å²) in [5.74, 6) is -0.823. The van der Waals surface area contributed by atoms with Gasteiger partial charge in [-0.05, 0) is 25.7 Å². The zero-order chi connectivity index (χ0) is 11.4. The highest BCUT2D eigenvalue weighted by molar-refractivity contribution is 5.96. The molecule has 0 aromatic rings. The maximum atomic E-state index is 11.0. The van der Waals surface area contributed by atoms with Gasteiger partial charge < -0.3 is 10.8 Å². The van der Waals surface area contributed by atoms with Gasteiger partial charge in [-0.25, -0.2) is 0 Å². The third kappa shape index (κ3) is 3.32. The van der Waals surface area contributed by atoms with E-state index >= 15 is 0 Å². The first-order chi connectivity index (χ1) is 7.00. The van der Waals surface area contributed by atoms with E-state index in [0.717, 1.165) is 0 Å². The molecule has 4 nitrogen and oxygen atoms in total. The molecule has 0 fully saturated rings. The van der Waals surface area contributed by atoms with Crippen molar-refractivity contribution in [1.29, 1.82) is 0 Å². The van der Waals surface area contributed by atoms with E-state index in [1.807, 2.05) is 12.2 Å². The van der Waals surface area contributed by atoms with Gasteiger partial charge in [0.1, 0.15) is 6.04 Å². The van der Waals surface area contributed by atoms with Gasteiger partial charge in [-0.1, -0.05) is 18.2 Å². The van der Waals surface area contributed by atoms with Crippen molar-refractivity contribution in [2.45, 2.75) is 25.8 Å². The second kappa shape index (κ2) is 4.89. The largest absolute Gasteiger partial charge is 0.480 e. The van der Waals surface area contributed by atoms with Crippen LogP contribution in [0.3, 0.4) is 0 Å². The molecule has 4 heteroatoms. The minimum Gasteiger partial charge on any atom is -0.480 e. The summed E-state index contributed by atoms with van der Waals surface area (Å²) in [7, 11) is 0. The Hall–Kier alpha value is -1.42. The smallest absolute Gasteiger partial charge is 0.320 e. The summed E-state index contributed by atoms with van der Waals surface area (Å²) in [4.78, 5) is 21.5. The zero-order valence-corrected chi connectivity index (χ0v) is 8.64. The van der Waals surface area contributed by atoms with Gasteiger partial charge in [-0.15, -0.1) is 0 Å². The second-order valence-electron chi connectivity index (χ2n) is 3.75. The number of carbonyl (C=O) groups is 2. The van der Waals surface area contributed by atoms with Gasteiger partial charge in [-0.2, -0.15) is 0 Å². The summed E-state index contributed by atoms with van der Waals surface area (Å²) in [5.41, 5.74) is 6.11. The van der Waals surface area contributed by atoms with E-state index in [4.69, 9.17) is 10.8 Å². The molecule has 1 rings (SSSR count). The Bertz CT molecular complexity index is 331.